The lowest BCUT2D eigenvalue weighted by Crippen LogP contribution is -2.35. The van der Waals surface area contributed by atoms with E-state index in [1.54, 1.807) is 13.0 Å². The van der Waals surface area contributed by atoms with Crippen molar-refractivity contribution in [2.24, 2.45) is 11.8 Å². The van der Waals surface area contributed by atoms with Crippen molar-refractivity contribution >= 4 is 45.8 Å². The van der Waals surface area contributed by atoms with E-state index in [0.717, 1.165) is 42.5 Å². The molecule has 0 aromatic carbocycles. The van der Waals surface area contributed by atoms with E-state index in [9.17, 15) is 19.5 Å². The fourth-order valence-electron chi connectivity index (χ4n) is 3.86. The lowest BCUT2D eigenvalue weighted by Gasteiger charge is -2.25. The van der Waals surface area contributed by atoms with Gasteiger partial charge >= 0.3 is 11.9 Å². The summed E-state index contributed by atoms with van der Waals surface area (Å²) in [6.45, 7) is 2.00. The molecule has 2 atom stereocenters. The molecule has 1 aromatic rings. The van der Waals surface area contributed by atoms with Gasteiger partial charge in [-0.25, -0.2) is 4.79 Å². The van der Waals surface area contributed by atoms with Gasteiger partial charge in [-0.05, 0) is 51.0 Å². The van der Waals surface area contributed by atoms with Crippen molar-refractivity contribution in [1.82, 2.24) is 0 Å². The van der Waals surface area contributed by atoms with Gasteiger partial charge in [-0.3, -0.25) is 9.59 Å². The highest BCUT2D eigenvalue weighted by molar-refractivity contribution is 7.17. The summed E-state index contributed by atoms with van der Waals surface area (Å²) in [5.74, 6) is -3.47. The van der Waals surface area contributed by atoms with Crippen molar-refractivity contribution in [2.75, 3.05) is 11.9 Å². The van der Waals surface area contributed by atoms with Crippen LogP contribution >= 0.6 is 22.9 Å². The summed E-state index contributed by atoms with van der Waals surface area (Å²) >= 11 is 7.47. The molecule has 8 heteroatoms. The van der Waals surface area contributed by atoms with E-state index in [1.165, 1.54) is 11.3 Å². The highest BCUT2D eigenvalue weighted by Gasteiger charge is 2.37. The fraction of sp³-hybridized carbons (Fsp3) is 0.550. The topological polar surface area (TPSA) is 92.7 Å². The van der Waals surface area contributed by atoms with Gasteiger partial charge in [0.15, 0.2) is 0 Å². The second-order valence-corrected chi connectivity index (χ2v) is 8.71. The SMILES string of the molecule is CCOC(=O)c1c(NC(=O)[C@H]2CC(Cl)=CC[C@@H]2C(=O)O)sc2c1CCCCC2. The van der Waals surface area contributed by atoms with Crippen molar-refractivity contribution < 1.29 is 24.2 Å². The van der Waals surface area contributed by atoms with Crippen LogP contribution in [0.15, 0.2) is 11.1 Å². The Morgan fingerprint density at radius 3 is 2.71 bits per heavy atom. The highest BCUT2D eigenvalue weighted by Crippen LogP contribution is 2.39. The molecule has 6 nitrogen and oxygen atoms in total. The molecule has 152 valence electrons. The maximum absolute atomic E-state index is 12.9. The number of hydrogen-bond acceptors (Lipinski definition) is 5. The number of thiophene rings is 1. The van der Waals surface area contributed by atoms with Crippen molar-refractivity contribution in [3.05, 3.63) is 27.1 Å². The first kappa shape index (κ1) is 20.9. The van der Waals surface area contributed by atoms with Crippen molar-refractivity contribution in [2.45, 2.75) is 51.9 Å². The highest BCUT2D eigenvalue weighted by atomic mass is 35.5. The Labute approximate surface area is 172 Å². The molecule has 0 saturated carbocycles. The number of aliphatic carboxylic acids is 1. The third kappa shape index (κ3) is 4.41. The van der Waals surface area contributed by atoms with Crippen molar-refractivity contribution in [3.8, 4) is 0 Å². The van der Waals surface area contributed by atoms with Crippen molar-refractivity contribution in [1.29, 1.82) is 0 Å². The van der Waals surface area contributed by atoms with Crippen LogP contribution < -0.4 is 5.32 Å². The fourth-order valence-corrected chi connectivity index (χ4v) is 5.39. The average Bonchev–Trinajstić information content (AvgIpc) is 2.82. The van der Waals surface area contributed by atoms with Gasteiger partial charge < -0.3 is 15.2 Å². The van der Waals surface area contributed by atoms with Crippen LogP contribution in [-0.2, 0) is 27.2 Å². The quantitative estimate of drug-likeness (QED) is 0.539. The van der Waals surface area contributed by atoms with E-state index < -0.39 is 29.7 Å². The molecule has 1 aromatic heterocycles. The Bertz CT molecular complexity index is 816. The first-order chi connectivity index (χ1) is 13.4. The smallest absolute Gasteiger partial charge is 0.341 e. The number of hydrogen-bond donors (Lipinski definition) is 2. The number of carboxylic acids is 1. The monoisotopic (exact) mass is 425 g/mol. The number of anilines is 1. The predicted molar refractivity (Wildman–Crippen MR) is 108 cm³/mol. The molecule has 1 amide bonds. The molecule has 1 heterocycles. The summed E-state index contributed by atoms with van der Waals surface area (Å²) in [5, 5.41) is 13.2. The molecule has 0 unspecified atom stereocenters. The number of carbonyl (C=O) groups excluding carboxylic acids is 2. The third-order valence-corrected chi connectivity index (χ3v) is 6.80. The summed E-state index contributed by atoms with van der Waals surface area (Å²) < 4.78 is 5.23. The molecule has 2 aliphatic rings. The Balaban J connectivity index is 1.90. The Kier molecular flexibility index (Phi) is 6.78. The number of halogens is 1. The van der Waals surface area contributed by atoms with Gasteiger partial charge in [-0.15, -0.1) is 11.3 Å². The van der Waals surface area contributed by atoms with E-state index in [4.69, 9.17) is 16.3 Å². The largest absolute Gasteiger partial charge is 0.481 e. The molecule has 2 N–H and O–H groups in total. The molecule has 3 rings (SSSR count). The zero-order valence-electron chi connectivity index (χ0n) is 15.8. The van der Waals surface area contributed by atoms with Gasteiger partial charge in [0.2, 0.25) is 5.91 Å². The first-order valence-corrected chi connectivity index (χ1v) is 10.8. The number of fused-ring (bicyclic) bond motifs is 1. The summed E-state index contributed by atoms with van der Waals surface area (Å²) in [7, 11) is 0. The minimum Gasteiger partial charge on any atom is -0.481 e. The molecule has 2 aliphatic carbocycles. The third-order valence-electron chi connectivity index (χ3n) is 5.29. The van der Waals surface area contributed by atoms with Gasteiger partial charge in [-0.1, -0.05) is 24.1 Å². The second-order valence-electron chi connectivity index (χ2n) is 7.12. The average molecular weight is 426 g/mol. The van der Waals surface area contributed by atoms with Gasteiger partial charge in [0.1, 0.15) is 5.00 Å². The second kappa shape index (κ2) is 9.09. The maximum Gasteiger partial charge on any atom is 0.341 e. The summed E-state index contributed by atoms with van der Waals surface area (Å²) in [6, 6.07) is 0. The van der Waals surface area contributed by atoms with E-state index in [-0.39, 0.29) is 19.4 Å². The number of rotatable bonds is 5. The lowest BCUT2D eigenvalue weighted by atomic mass is 9.82. The molecule has 0 spiro atoms. The Morgan fingerprint density at radius 1 is 1.25 bits per heavy atom. The predicted octanol–water partition coefficient (Wildman–Crippen LogP) is 4.37. The van der Waals surface area contributed by atoms with Crippen LogP contribution in [0, 0.1) is 11.8 Å². The van der Waals surface area contributed by atoms with Crippen LogP contribution in [0.5, 0.6) is 0 Å². The molecule has 0 fully saturated rings. The molecule has 0 radical (unpaired) electrons. The molecular formula is C20H24ClNO5S. The molecular weight excluding hydrogens is 402 g/mol. The van der Waals surface area contributed by atoms with Gasteiger partial charge in [0.25, 0.3) is 0 Å². The van der Waals surface area contributed by atoms with Crippen LogP contribution in [0.4, 0.5) is 5.00 Å². The van der Waals surface area contributed by atoms with E-state index in [1.807, 2.05) is 0 Å². The molecule has 28 heavy (non-hydrogen) atoms. The van der Waals surface area contributed by atoms with E-state index in [0.29, 0.717) is 15.6 Å². The van der Waals surface area contributed by atoms with Gasteiger partial charge in [0, 0.05) is 9.91 Å². The Morgan fingerprint density at radius 2 is 2.00 bits per heavy atom. The molecule has 0 bridgehead atoms. The zero-order chi connectivity index (χ0) is 20.3. The van der Waals surface area contributed by atoms with Gasteiger partial charge in [-0.2, -0.15) is 0 Å². The van der Waals surface area contributed by atoms with E-state index in [2.05, 4.69) is 5.32 Å². The van der Waals surface area contributed by atoms with E-state index >= 15 is 0 Å². The van der Waals surface area contributed by atoms with Crippen LogP contribution in [0.25, 0.3) is 0 Å². The Hall–Kier alpha value is -1.86. The van der Waals surface area contributed by atoms with Crippen LogP contribution in [0.2, 0.25) is 0 Å². The first-order valence-electron chi connectivity index (χ1n) is 9.62. The number of allylic oxidation sites excluding steroid dienone is 2. The minimum atomic E-state index is -1.02. The number of carbonyl (C=O) groups is 3. The summed E-state index contributed by atoms with van der Waals surface area (Å²) in [5.41, 5.74) is 1.40. The number of ether oxygens (including phenoxy) is 1. The minimum absolute atomic E-state index is 0.185. The number of nitrogens with one attached hydrogen (secondary N) is 1. The van der Waals surface area contributed by atoms with Crippen LogP contribution in [0.3, 0.4) is 0 Å². The normalized spacial score (nSPS) is 21.9. The zero-order valence-corrected chi connectivity index (χ0v) is 17.3. The van der Waals surface area contributed by atoms with Crippen LogP contribution in [-0.4, -0.2) is 29.6 Å². The lowest BCUT2D eigenvalue weighted by molar-refractivity contribution is -0.146. The summed E-state index contributed by atoms with van der Waals surface area (Å²) in [6.07, 6.45) is 6.87. The van der Waals surface area contributed by atoms with Crippen molar-refractivity contribution in [3.63, 3.8) is 0 Å². The molecule has 0 saturated heterocycles. The number of carboxylic acid groups (broad SMARTS) is 1. The van der Waals surface area contributed by atoms with Crippen LogP contribution in [0.1, 0.15) is 59.8 Å². The summed E-state index contributed by atoms with van der Waals surface area (Å²) in [4.78, 5) is 38.2. The maximum atomic E-state index is 12.9. The standard InChI is InChI=1S/C20H24ClNO5S/c1-2-27-20(26)16-13-6-4-3-5-7-15(13)28-18(16)22-17(23)14-10-11(21)8-9-12(14)19(24)25/h8,12,14H,2-7,9-10H2,1H3,(H,22,23)(H,24,25)/t12-,14-/m0/s1. The van der Waals surface area contributed by atoms with Gasteiger partial charge in [0.05, 0.1) is 24.0 Å². The number of amides is 1. The molecule has 0 aliphatic heterocycles. The number of esters is 1. The number of aryl methyl sites for hydroxylation is 1.